The maximum Gasteiger partial charge on any atom is 0.260 e. The van der Waals surface area contributed by atoms with Crippen molar-refractivity contribution in [3.63, 3.8) is 0 Å². The second kappa shape index (κ2) is 7.16. The first-order valence-corrected chi connectivity index (χ1v) is 11.0. The van der Waals surface area contributed by atoms with Crippen LogP contribution in [-0.4, -0.2) is 16.6 Å². The fourth-order valence-electron chi connectivity index (χ4n) is 3.68. The predicted octanol–water partition coefficient (Wildman–Crippen LogP) is 4.89. The van der Waals surface area contributed by atoms with E-state index in [0.717, 1.165) is 33.0 Å². The largest absolute Gasteiger partial charge is 0.493 e. The van der Waals surface area contributed by atoms with Crippen LogP contribution in [0, 0.1) is 0 Å². The highest BCUT2D eigenvalue weighted by Gasteiger charge is 2.24. The number of para-hydroxylation sites is 1. The Kier molecular flexibility index (Phi) is 4.50. The van der Waals surface area contributed by atoms with Gasteiger partial charge in [-0.3, -0.25) is 4.79 Å². The van der Waals surface area contributed by atoms with Crippen LogP contribution in [0.4, 0.5) is 0 Å². The van der Waals surface area contributed by atoms with E-state index in [4.69, 9.17) is 9.72 Å². The van der Waals surface area contributed by atoms with Crippen molar-refractivity contribution in [2.75, 3.05) is 6.61 Å². The summed E-state index contributed by atoms with van der Waals surface area (Å²) in [6.45, 7) is 2.72. The van der Waals surface area contributed by atoms with Crippen molar-refractivity contribution in [2.45, 2.75) is 25.4 Å². The molecule has 0 aliphatic carbocycles. The van der Waals surface area contributed by atoms with Gasteiger partial charge in [-0.05, 0) is 24.4 Å². The molecule has 5 rings (SSSR count). The Morgan fingerprint density at radius 3 is 3.00 bits per heavy atom. The zero-order valence-electron chi connectivity index (χ0n) is 15.3. The topological polar surface area (TPSA) is 67.0 Å². The molecule has 0 amide bonds. The molecule has 1 aliphatic heterocycles. The van der Waals surface area contributed by atoms with E-state index in [1.165, 1.54) is 11.3 Å². The molecule has 0 radical (unpaired) electrons. The molecule has 4 aromatic rings. The zero-order chi connectivity index (χ0) is 19.1. The normalized spacial score (nSPS) is 17.2. The van der Waals surface area contributed by atoms with E-state index in [1.807, 2.05) is 48.0 Å². The summed E-state index contributed by atoms with van der Waals surface area (Å²) in [6.07, 6.45) is 0.884. The van der Waals surface area contributed by atoms with Crippen molar-refractivity contribution in [3.05, 3.63) is 68.9 Å². The fraction of sp³-hybridized carbons (Fsp3) is 0.238. The van der Waals surface area contributed by atoms with Gasteiger partial charge in [0.1, 0.15) is 16.4 Å². The average molecular weight is 410 g/mol. The van der Waals surface area contributed by atoms with Crippen LogP contribution in [0.3, 0.4) is 0 Å². The van der Waals surface area contributed by atoms with Crippen molar-refractivity contribution in [2.24, 2.45) is 0 Å². The van der Waals surface area contributed by atoms with Crippen LogP contribution >= 0.6 is 22.7 Å². The molecule has 3 aromatic heterocycles. The van der Waals surface area contributed by atoms with E-state index < -0.39 is 0 Å². The number of thiophene rings is 2. The molecule has 5 nitrogen and oxygen atoms in total. The molecule has 0 spiro atoms. The molecule has 142 valence electrons. The monoisotopic (exact) mass is 409 g/mol. The second-order valence-corrected chi connectivity index (χ2v) is 8.68. The van der Waals surface area contributed by atoms with Crippen LogP contribution in [0.1, 0.15) is 36.8 Å². The van der Waals surface area contributed by atoms with Gasteiger partial charge in [-0.2, -0.15) is 0 Å². The minimum atomic E-state index is -0.0828. The van der Waals surface area contributed by atoms with Gasteiger partial charge in [-0.15, -0.1) is 22.7 Å². The van der Waals surface area contributed by atoms with E-state index in [0.29, 0.717) is 17.8 Å². The molecule has 0 unspecified atom stereocenters. The predicted molar refractivity (Wildman–Crippen MR) is 114 cm³/mol. The van der Waals surface area contributed by atoms with Gasteiger partial charge < -0.3 is 15.0 Å². The minimum absolute atomic E-state index is 0.0781. The summed E-state index contributed by atoms with van der Waals surface area (Å²) < 4.78 is 5.75. The fourth-order valence-corrected chi connectivity index (χ4v) is 5.45. The first kappa shape index (κ1) is 17.6. The highest BCUT2D eigenvalue weighted by molar-refractivity contribution is 7.18. The van der Waals surface area contributed by atoms with Crippen LogP contribution in [0.5, 0.6) is 5.75 Å². The van der Waals surface area contributed by atoms with E-state index >= 15 is 0 Å². The quantitative estimate of drug-likeness (QED) is 0.504. The standard InChI is InChI=1S/C21H19N3O2S2/c1-12(22-15-8-9-26-16-6-3-2-5-13(15)16)19-23-20(25)18-14(11-28-21(18)24-19)17-7-4-10-27-17/h2-7,10-12,15,22H,8-9H2,1H3,(H,23,24,25)/t12-,15+/m0/s1. The maximum atomic E-state index is 12.8. The highest BCUT2D eigenvalue weighted by Crippen LogP contribution is 2.35. The first-order valence-electron chi connectivity index (χ1n) is 9.24. The Balaban J connectivity index is 1.46. The number of nitrogens with zero attached hydrogens (tertiary/aromatic N) is 1. The minimum Gasteiger partial charge on any atom is -0.493 e. The van der Waals surface area contributed by atoms with Gasteiger partial charge in [-0.1, -0.05) is 24.3 Å². The van der Waals surface area contributed by atoms with Crippen molar-refractivity contribution in [3.8, 4) is 16.2 Å². The number of aromatic nitrogens is 2. The number of rotatable bonds is 4. The van der Waals surface area contributed by atoms with Gasteiger partial charge in [0.05, 0.1) is 18.0 Å². The van der Waals surface area contributed by atoms with Gasteiger partial charge in [-0.25, -0.2) is 4.98 Å². The molecule has 2 N–H and O–H groups in total. The molecule has 4 heterocycles. The van der Waals surface area contributed by atoms with Gasteiger partial charge in [0, 0.05) is 33.8 Å². The van der Waals surface area contributed by atoms with Gasteiger partial charge in [0.25, 0.3) is 5.56 Å². The van der Waals surface area contributed by atoms with Crippen LogP contribution in [0.25, 0.3) is 20.7 Å². The number of nitrogens with one attached hydrogen (secondary N) is 2. The van der Waals surface area contributed by atoms with Crippen LogP contribution in [0.2, 0.25) is 0 Å². The van der Waals surface area contributed by atoms with E-state index in [9.17, 15) is 4.79 Å². The molecule has 7 heteroatoms. The lowest BCUT2D eigenvalue weighted by Crippen LogP contribution is -2.31. The molecule has 1 aromatic carbocycles. The molecular weight excluding hydrogens is 390 g/mol. The molecular formula is C21H19N3O2S2. The number of benzene rings is 1. The van der Waals surface area contributed by atoms with E-state index in [1.54, 1.807) is 11.3 Å². The van der Waals surface area contributed by atoms with Crippen LogP contribution in [-0.2, 0) is 0 Å². The summed E-state index contributed by atoms with van der Waals surface area (Å²) in [6, 6.07) is 12.2. The summed E-state index contributed by atoms with van der Waals surface area (Å²) in [5, 5.41) is 8.34. The molecule has 1 aliphatic rings. The number of aromatic amines is 1. The number of hydrogen-bond donors (Lipinski definition) is 2. The SMILES string of the molecule is C[C@H](N[C@@H]1CCOc2ccccc21)c1nc2scc(-c3cccs3)c2c(=O)[nH]1. The van der Waals surface area contributed by atoms with E-state index in [-0.39, 0.29) is 17.6 Å². The summed E-state index contributed by atoms with van der Waals surface area (Å²) in [5.74, 6) is 1.59. The number of hydrogen-bond acceptors (Lipinski definition) is 6. The number of ether oxygens (including phenoxy) is 1. The van der Waals surface area contributed by atoms with Crippen molar-refractivity contribution >= 4 is 32.9 Å². The number of H-pyrrole nitrogens is 1. The summed E-state index contributed by atoms with van der Waals surface area (Å²) >= 11 is 3.15. The van der Waals surface area contributed by atoms with Crippen molar-refractivity contribution in [1.82, 2.24) is 15.3 Å². The molecule has 0 saturated carbocycles. The Bertz CT molecular complexity index is 1180. The summed E-state index contributed by atoms with van der Waals surface area (Å²) in [7, 11) is 0. The van der Waals surface area contributed by atoms with Gasteiger partial charge in [0.2, 0.25) is 0 Å². The molecule has 0 saturated heterocycles. The summed E-state index contributed by atoms with van der Waals surface area (Å²) in [4.78, 5) is 22.5. The average Bonchev–Trinajstić information content (AvgIpc) is 3.38. The zero-order valence-corrected chi connectivity index (χ0v) is 16.9. The lowest BCUT2D eigenvalue weighted by atomic mass is 10.00. The first-order chi connectivity index (χ1) is 13.7. The Hall–Kier alpha value is -2.48. The smallest absolute Gasteiger partial charge is 0.260 e. The Labute approximate surface area is 170 Å². The molecule has 0 fully saturated rings. The van der Waals surface area contributed by atoms with Crippen molar-refractivity contribution in [1.29, 1.82) is 0 Å². The molecule has 0 bridgehead atoms. The third-order valence-corrected chi connectivity index (χ3v) is 6.84. The Morgan fingerprint density at radius 2 is 2.14 bits per heavy atom. The van der Waals surface area contributed by atoms with Crippen molar-refractivity contribution < 1.29 is 4.74 Å². The third-order valence-electron chi connectivity index (χ3n) is 5.07. The highest BCUT2D eigenvalue weighted by atomic mass is 32.1. The van der Waals surface area contributed by atoms with Gasteiger partial charge >= 0.3 is 0 Å². The van der Waals surface area contributed by atoms with Crippen LogP contribution < -0.4 is 15.6 Å². The maximum absolute atomic E-state index is 12.8. The molecule has 28 heavy (non-hydrogen) atoms. The lowest BCUT2D eigenvalue weighted by Gasteiger charge is -2.29. The Morgan fingerprint density at radius 1 is 1.25 bits per heavy atom. The second-order valence-electron chi connectivity index (χ2n) is 6.87. The summed E-state index contributed by atoms with van der Waals surface area (Å²) in [5.41, 5.74) is 2.04. The number of fused-ring (bicyclic) bond motifs is 2. The van der Waals surface area contributed by atoms with Gasteiger partial charge in [0.15, 0.2) is 0 Å². The molecule has 2 atom stereocenters. The lowest BCUT2D eigenvalue weighted by molar-refractivity contribution is 0.245. The van der Waals surface area contributed by atoms with E-state index in [2.05, 4.69) is 16.4 Å². The third kappa shape index (κ3) is 3.05. The van der Waals surface area contributed by atoms with Crippen LogP contribution in [0.15, 0.2) is 52.0 Å².